The van der Waals surface area contributed by atoms with Gasteiger partial charge in [-0.1, -0.05) is 5.21 Å². The molecule has 10 heavy (non-hydrogen) atoms. The number of hydrazine groups is 1. The van der Waals surface area contributed by atoms with E-state index in [1.54, 1.807) is 0 Å². The molecule has 0 saturated carbocycles. The van der Waals surface area contributed by atoms with Gasteiger partial charge < -0.3 is 0 Å². The Morgan fingerprint density at radius 1 is 1.80 bits per heavy atom. The van der Waals surface area contributed by atoms with Crippen molar-refractivity contribution in [3.63, 3.8) is 0 Å². The molecule has 0 saturated heterocycles. The van der Waals surface area contributed by atoms with Crippen LogP contribution in [0.4, 0.5) is 0 Å². The van der Waals surface area contributed by atoms with Gasteiger partial charge >= 0.3 is 0 Å². The first-order chi connectivity index (χ1) is 4.83. The van der Waals surface area contributed by atoms with Crippen molar-refractivity contribution in [3.8, 4) is 0 Å². The molecule has 0 radical (unpaired) electrons. The van der Waals surface area contributed by atoms with E-state index in [1.807, 2.05) is 5.43 Å². The highest BCUT2D eigenvalue weighted by molar-refractivity contribution is 5.76. The molecule has 0 spiro atoms. The van der Waals surface area contributed by atoms with Gasteiger partial charge in [-0.15, -0.1) is 10.2 Å². The highest BCUT2D eigenvalue weighted by atomic mass is 16.2. The van der Waals surface area contributed by atoms with E-state index in [4.69, 9.17) is 5.84 Å². The second-order valence-corrected chi connectivity index (χ2v) is 1.57. The molecule has 0 atom stereocenters. The van der Waals surface area contributed by atoms with Crippen LogP contribution in [0.3, 0.4) is 0 Å². The van der Waals surface area contributed by atoms with Crippen LogP contribution in [0, 0.1) is 0 Å². The number of H-pyrrole nitrogens is 1. The van der Waals surface area contributed by atoms with Gasteiger partial charge in [-0.25, -0.2) is 5.84 Å². The number of aromatic amines is 1. The molecule has 1 heterocycles. The Hall–Kier alpha value is -1.50. The first-order valence-corrected chi connectivity index (χ1v) is 2.54. The van der Waals surface area contributed by atoms with E-state index >= 15 is 0 Å². The first kappa shape index (κ1) is 6.62. The van der Waals surface area contributed by atoms with Crippen LogP contribution in [0.25, 0.3) is 0 Å². The van der Waals surface area contributed by atoms with E-state index in [9.17, 15) is 4.79 Å². The molecule has 1 amide bonds. The summed E-state index contributed by atoms with van der Waals surface area (Å²) in [6.07, 6.45) is 0.0486. The Kier molecular flexibility index (Phi) is 1.90. The Balaban J connectivity index is 2.48. The van der Waals surface area contributed by atoms with Gasteiger partial charge in [0.1, 0.15) is 0 Å². The molecule has 0 aliphatic heterocycles. The highest BCUT2D eigenvalue weighted by Crippen LogP contribution is 1.82. The average molecular weight is 142 g/mol. The number of tetrazole rings is 1. The van der Waals surface area contributed by atoms with Crippen molar-refractivity contribution < 1.29 is 4.79 Å². The molecule has 1 rings (SSSR count). The molecule has 0 fully saturated rings. The fraction of sp³-hybridized carbons (Fsp3) is 0.333. The van der Waals surface area contributed by atoms with Gasteiger partial charge in [0.15, 0.2) is 5.82 Å². The Morgan fingerprint density at radius 2 is 2.60 bits per heavy atom. The maximum absolute atomic E-state index is 10.5. The minimum atomic E-state index is -0.346. The van der Waals surface area contributed by atoms with Gasteiger partial charge in [-0.2, -0.15) is 5.21 Å². The molecule has 0 aliphatic rings. The van der Waals surface area contributed by atoms with Crippen molar-refractivity contribution in [2.24, 2.45) is 5.84 Å². The van der Waals surface area contributed by atoms with Gasteiger partial charge in [0.2, 0.25) is 5.91 Å². The summed E-state index contributed by atoms with van der Waals surface area (Å²) in [5.41, 5.74) is 1.94. The number of carbonyl (C=O) groups is 1. The molecule has 0 unspecified atom stereocenters. The van der Waals surface area contributed by atoms with Crippen LogP contribution >= 0.6 is 0 Å². The van der Waals surface area contributed by atoms with Gasteiger partial charge in [-0.05, 0) is 0 Å². The fourth-order valence-corrected chi connectivity index (χ4v) is 0.452. The summed E-state index contributed by atoms with van der Waals surface area (Å²) in [6, 6.07) is 0. The molecule has 1 aromatic rings. The van der Waals surface area contributed by atoms with E-state index in [-0.39, 0.29) is 12.3 Å². The van der Waals surface area contributed by atoms with E-state index in [2.05, 4.69) is 20.6 Å². The summed E-state index contributed by atoms with van der Waals surface area (Å²) in [6.45, 7) is 0. The smallest absolute Gasteiger partial charge is 0.241 e. The number of hydrogen-bond donors (Lipinski definition) is 3. The van der Waals surface area contributed by atoms with Crippen molar-refractivity contribution in [3.05, 3.63) is 5.82 Å². The zero-order valence-electron chi connectivity index (χ0n) is 5.03. The number of rotatable bonds is 2. The van der Waals surface area contributed by atoms with Crippen LogP contribution in [-0.2, 0) is 11.2 Å². The van der Waals surface area contributed by atoms with Crippen LogP contribution in [0.1, 0.15) is 5.82 Å². The SMILES string of the molecule is NNC(=O)Cc1nn[nH]n1. The van der Waals surface area contributed by atoms with Crippen LogP contribution in [0.5, 0.6) is 0 Å². The fourth-order valence-electron chi connectivity index (χ4n) is 0.452. The van der Waals surface area contributed by atoms with Gasteiger partial charge in [0, 0.05) is 0 Å². The predicted molar refractivity (Wildman–Crippen MR) is 30.2 cm³/mol. The molecule has 1 aromatic heterocycles. The molecular weight excluding hydrogens is 136 g/mol. The van der Waals surface area contributed by atoms with E-state index in [1.165, 1.54) is 0 Å². The van der Waals surface area contributed by atoms with E-state index in [0.717, 1.165) is 0 Å². The Labute approximate surface area is 56.0 Å². The highest BCUT2D eigenvalue weighted by Gasteiger charge is 2.03. The second kappa shape index (κ2) is 2.87. The van der Waals surface area contributed by atoms with Crippen molar-refractivity contribution in [2.75, 3.05) is 0 Å². The minimum Gasteiger partial charge on any atom is -0.294 e. The van der Waals surface area contributed by atoms with Gasteiger partial charge in [0.25, 0.3) is 0 Å². The van der Waals surface area contributed by atoms with E-state index in [0.29, 0.717) is 5.82 Å². The monoisotopic (exact) mass is 142 g/mol. The largest absolute Gasteiger partial charge is 0.294 e. The summed E-state index contributed by atoms with van der Waals surface area (Å²) in [4.78, 5) is 10.5. The topological polar surface area (TPSA) is 110 Å². The van der Waals surface area contributed by atoms with Crippen molar-refractivity contribution in [1.82, 2.24) is 26.0 Å². The van der Waals surface area contributed by atoms with Crippen LogP contribution in [0.15, 0.2) is 0 Å². The number of amides is 1. The zero-order chi connectivity index (χ0) is 7.40. The third kappa shape index (κ3) is 1.49. The maximum Gasteiger partial charge on any atom is 0.241 e. The molecular formula is C3H6N6O. The third-order valence-electron chi connectivity index (χ3n) is 0.869. The lowest BCUT2D eigenvalue weighted by atomic mass is 10.4. The van der Waals surface area contributed by atoms with Crippen LogP contribution in [0.2, 0.25) is 0 Å². The summed E-state index contributed by atoms with van der Waals surface area (Å²) >= 11 is 0. The van der Waals surface area contributed by atoms with Crippen LogP contribution < -0.4 is 11.3 Å². The number of carbonyl (C=O) groups excluding carboxylic acids is 1. The molecule has 4 N–H and O–H groups in total. The molecule has 0 aromatic carbocycles. The normalized spacial score (nSPS) is 9.30. The summed E-state index contributed by atoms with van der Waals surface area (Å²) in [5, 5.41) is 12.5. The lowest BCUT2D eigenvalue weighted by Crippen LogP contribution is -2.31. The average Bonchev–Trinajstić information content (AvgIpc) is 2.40. The number of nitrogens with one attached hydrogen (secondary N) is 2. The number of nitrogens with two attached hydrogens (primary N) is 1. The predicted octanol–water partition coefficient (Wildman–Crippen LogP) is -2.27. The zero-order valence-corrected chi connectivity index (χ0v) is 5.03. The van der Waals surface area contributed by atoms with Gasteiger partial charge in [0.05, 0.1) is 6.42 Å². The Morgan fingerprint density at radius 3 is 3.10 bits per heavy atom. The summed E-state index contributed by atoms with van der Waals surface area (Å²) in [7, 11) is 0. The quantitative estimate of drug-likeness (QED) is 0.245. The molecule has 7 heteroatoms. The molecule has 0 aliphatic carbocycles. The Bertz CT molecular complexity index is 205. The van der Waals surface area contributed by atoms with Crippen molar-refractivity contribution in [1.29, 1.82) is 0 Å². The van der Waals surface area contributed by atoms with E-state index < -0.39 is 0 Å². The lowest BCUT2D eigenvalue weighted by molar-refractivity contribution is -0.120. The maximum atomic E-state index is 10.5. The number of hydrogen-bond acceptors (Lipinski definition) is 5. The van der Waals surface area contributed by atoms with Crippen molar-refractivity contribution >= 4 is 5.91 Å². The number of aromatic nitrogens is 4. The molecule has 7 nitrogen and oxygen atoms in total. The molecule has 54 valence electrons. The van der Waals surface area contributed by atoms with Gasteiger partial charge in [-0.3, -0.25) is 10.2 Å². The third-order valence-corrected chi connectivity index (χ3v) is 0.869. The molecule has 0 bridgehead atoms. The van der Waals surface area contributed by atoms with Crippen molar-refractivity contribution in [2.45, 2.75) is 6.42 Å². The second-order valence-electron chi connectivity index (χ2n) is 1.57. The lowest BCUT2D eigenvalue weighted by Gasteiger charge is -1.91. The first-order valence-electron chi connectivity index (χ1n) is 2.54. The number of nitrogens with zero attached hydrogens (tertiary/aromatic N) is 3. The minimum absolute atomic E-state index is 0.0486. The van der Waals surface area contributed by atoms with Crippen LogP contribution in [-0.4, -0.2) is 26.5 Å². The summed E-state index contributed by atoms with van der Waals surface area (Å²) < 4.78 is 0. The standard InChI is InChI=1S/C3H6N6O/c4-5-3(10)1-2-6-8-9-7-2/h1,4H2,(H,5,10)(H,6,7,8,9). The summed E-state index contributed by atoms with van der Waals surface area (Å²) in [5.74, 6) is 4.78.